The van der Waals surface area contributed by atoms with Crippen molar-refractivity contribution in [1.29, 1.82) is 0 Å². The van der Waals surface area contributed by atoms with E-state index in [2.05, 4.69) is 0 Å². The molecule has 0 unspecified atom stereocenters. The van der Waals surface area contributed by atoms with Crippen molar-refractivity contribution in [3.63, 3.8) is 0 Å². The fraction of sp³-hybridized carbons (Fsp3) is 0. The van der Waals surface area contributed by atoms with Crippen LogP contribution in [0.1, 0.15) is 2.85 Å². The Morgan fingerprint density at radius 1 is 1.17 bits per heavy atom. The van der Waals surface area contributed by atoms with Crippen molar-refractivity contribution in [3.05, 3.63) is 0 Å². The summed E-state index contributed by atoms with van der Waals surface area (Å²) in [6.07, 6.45) is 0. The smallest absolute Gasteiger partial charge is 1.00 e. The standard InChI is InChI=1S/Al.Au.Ca.Cr.H3Si.Zn.3H/h;;;;1H3;;;;/q;;+2;;;;;2*-1. The molecule has 0 aliphatic rings. The van der Waals surface area contributed by atoms with Gasteiger partial charge in [-0.15, -0.1) is 0 Å². The van der Waals surface area contributed by atoms with Gasteiger partial charge in [0.2, 0.25) is 0 Å². The summed E-state index contributed by atoms with van der Waals surface area (Å²) in [5, 5.41) is 0. The minimum Gasteiger partial charge on any atom is -1.00 e. The van der Waals surface area contributed by atoms with Gasteiger partial charge in [0.1, 0.15) is 0 Å². The molecule has 6 heteroatoms. The van der Waals surface area contributed by atoms with Crippen LogP contribution in [0, 0.1) is 0 Å². The van der Waals surface area contributed by atoms with Crippen LogP contribution < -0.4 is 0 Å². The Morgan fingerprint density at radius 2 is 1.17 bits per heavy atom. The van der Waals surface area contributed by atoms with Crippen LogP contribution in [0.15, 0.2) is 0 Å². The molecule has 34 valence electrons. The normalized spacial score (nSPS) is 0. The van der Waals surface area contributed by atoms with Crippen molar-refractivity contribution >= 4 is 66.1 Å². The average Bonchev–Trinajstić information content (AvgIpc) is 0. The van der Waals surface area contributed by atoms with Crippen molar-refractivity contribution in [2.75, 3.05) is 0 Å². The van der Waals surface area contributed by atoms with Gasteiger partial charge in [-0.1, -0.05) is 0 Å². The number of rotatable bonds is 0. The van der Waals surface area contributed by atoms with Crippen LogP contribution in [0.3, 0.4) is 0 Å². The largest absolute Gasteiger partial charge is 2.00 e. The molecule has 0 rings (SSSR count). The molecule has 0 spiro atoms. The van der Waals surface area contributed by atoms with E-state index < -0.39 is 0 Å². The number of hydrogen-bond acceptors (Lipinski definition) is 0. The molecular weight excluding hydrogens is 409 g/mol. The third-order valence-corrected chi connectivity index (χ3v) is 0. The van der Waals surface area contributed by atoms with Crippen molar-refractivity contribution in [2.45, 2.75) is 0 Å². The Morgan fingerprint density at radius 3 is 1.17 bits per heavy atom. The summed E-state index contributed by atoms with van der Waals surface area (Å²) in [7, 11) is 0. The molecule has 0 aliphatic heterocycles. The van der Waals surface area contributed by atoms with Crippen molar-refractivity contribution in [2.24, 2.45) is 0 Å². The molecule has 0 nitrogen and oxygen atoms in total. The van der Waals surface area contributed by atoms with Crippen LogP contribution in [-0.4, -0.2) is 66.1 Å². The summed E-state index contributed by atoms with van der Waals surface area (Å²) in [5.41, 5.74) is 0. The predicted molar refractivity (Wildman–Crippen MR) is 25.1 cm³/mol. The minimum atomic E-state index is 0. The Hall–Kier alpha value is 3.91. The molecule has 0 aromatic heterocycles. The number of hydrogen-bond donors (Lipinski definition) is 0. The maximum absolute atomic E-state index is 0. The molecule has 0 bridgehead atoms. The van der Waals surface area contributed by atoms with E-state index in [1.165, 1.54) is 0 Å². The summed E-state index contributed by atoms with van der Waals surface area (Å²) in [5.74, 6) is 0. The average molecular weight is 416 g/mol. The molecule has 0 aromatic carbocycles. The van der Waals surface area contributed by atoms with E-state index in [4.69, 9.17) is 0 Å². The van der Waals surface area contributed by atoms with Crippen LogP contribution in [0.4, 0.5) is 0 Å². The maximum atomic E-state index is 0. The van der Waals surface area contributed by atoms with Gasteiger partial charge >= 0.3 is 37.7 Å². The van der Waals surface area contributed by atoms with Crippen LogP contribution in [0.2, 0.25) is 0 Å². The van der Waals surface area contributed by atoms with Gasteiger partial charge in [-0.3, -0.25) is 0 Å². The van der Waals surface area contributed by atoms with Gasteiger partial charge in [-0.2, -0.15) is 0 Å². The first-order chi connectivity index (χ1) is 0. The summed E-state index contributed by atoms with van der Waals surface area (Å²) in [4.78, 5) is 0. The molecule has 0 amide bonds. The summed E-state index contributed by atoms with van der Waals surface area (Å²) in [6, 6.07) is 0. The van der Waals surface area contributed by atoms with Gasteiger partial charge in [0.25, 0.3) is 0 Å². The molecule has 0 heterocycles. The monoisotopic (exact) mass is 414 g/mol. The third kappa shape index (κ3) is 24.7. The Bertz CT molecular complexity index is 22.0. The fourth-order valence-corrected chi connectivity index (χ4v) is 0. The molecule has 4 radical (unpaired) electrons. The summed E-state index contributed by atoms with van der Waals surface area (Å²) >= 11 is 0. The van der Waals surface area contributed by atoms with E-state index in [1.54, 1.807) is 0 Å². The molecule has 0 aliphatic carbocycles. The molecule has 0 fully saturated rings. The Labute approximate surface area is 125 Å². The second-order valence-corrected chi connectivity index (χ2v) is 0. The van der Waals surface area contributed by atoms with Crippen LogP contribution in [0.5, 0.6) is 0 Å². The van der Waals surface area contributed by atoms with E-state index in [0.717, 1.165) is 0 Å². The van der Waals surface area contributed by atoms with Gasteiger partial charge < -0.3 is 2.85 Å². The maximum Gasteiger partial charge on any atom is 2.00 e. The molecule has 0 saturated carbocycles. The zero-order valence-corrected chi connectivity index (χ0v) is 15.9. The van der Waals surface area contributed by atoms with Crippen molar-refractivity contribution in [1.82, 2.24) is 0 Å². The van der Waals surface area contributed by atoms with E-state index in [-0.39, 0.29) is 128 Å². The first kappa shape index (κ1) is 51.5. The first-order valence-electron chi connectivity index (χ1n) is 0. The summed E-state index contributed by atoms with van der Waals surface area (Å²) < 4.78 is 0. The molecule has 6 heavy (non-hydrogen) atoms. The zero-order valence-electron chi connectivity index (χ0n) is 5.83. The molecule has 0 N–H and O–H groups in total. The molecule has 0 saturated heterocycles. The van der Waals surface area contributed by atoms with Gasteiger partial charge in [0.05, 0.1) is 17.4 Å². The summed E-state index contributed by atoms with van der Waals surface area (Å²) in [6.45, 7) is 0. The Balaban J connectivity index is 0. The second-order valence-electron chi connectivity index (χ2n) is 0. The van der Waals surface area contributed by atoms with Gasteiger partial charge in [0.15, 0.2) is 0 Å². The Kier molecular flexibility index (Phi) is 313. The van der Waals surface area contributed by atoms with Crippen molar-refractivity contribution in [3.8, 4) is 0 Å². The van der Waals surface area contributed by atoms with E-state index in [9.17, 15) is 0 Å². The SMILES string of the molecule is [AlH].[Au].[Ca+2].[Cr].[H-].[H-].[SiH3].[Zn]. The van der Waals surface area contributed by atoms with Gasteiger partial charge in [-0.05, 0) is 11.0 Å². The fourth-order valence-electron chi connectivity index (χ4n) is 0. The van der Waals surface area contributed by atoms with E-state index >= 15 is 0 Å². The quantitative estimate of drug-likeness (QED) is 0.402. The first-order valence-corrected chi connectivity index (χ1v) is 0. The zero-order chi connectivity index (χ0) is 0. The van der Waals surface area contributed by atoms with Gasteiger partial charge in [0, 0.05) is 59.2 Å². The molecule has 0 aromatic rings. The second kappa shape index (κ2) is 36.5. The topological polar surface area (TPSA) is 0 Å². The van der Waals surface area contributed by atoms with E-state index in [1.807, 2.05) is 0 Å². The van der Waals surface area contributed by atoms with Crippen LogP contribution in [0.25, 0.3) is 0 Å². The molecular formula is H6AlAuCaCrSiZn. The van der Waals surface area contributed by atoms with Crippen LogP contribution in [-0.2, 0) is 59.2 Å². The van der Waals surface area contributed by atoms with Gasteiger partial charge in [-0.25, -0.2) is 0 Å². The predicted octanol–water partition coefficient (Wildman–Crippen LogP) is -2.00. The minimum absolute atomic E-state index is 0. The third-order valence-electron chi connectivity index (χ3n) is 0. The van der Waals surface area contributed by atoms with Crippen molar-refractivity contribution < 1.29 is 62.1 Å². The van der Waals surface area contributed by atoms with Crippen LogP contribution >= 0.6 is 0 Å². The van der Waals surface area contributed by atoms with E-state index in [0.29, 0.717) is 0 Å². The molecule has 0 atom stereocenters.